The van der Waals surface area contributed by atoms with Crippen LogP contribution in [0.2, 0.25) is 0 Å². The molecule has 70 valence electrons. The van der Waals surface area contributed by atoms with Crippen LogP contribution in [0.15, 0.2) is 52.9 Å². The van der Waals surface area contributed by atoms with Gasteiger partial charge in [-0.05, 0) is 23.6 Å². The summed E-state index contributed by atoms with van der Waals surface area (Å²) in [5.41, 5.74) is 3.96. The van der Waals surface area contributed by atoms with Crippen molar-refractivity contribution in [2.24, 2.45) is 5.10 Å². The van der Waals surface area contributed by atoms with E-state index in [-0.39, 0.29) is 0 Å². The Bertz CT molecular complexity index is 392. The minimum absolute atomic E-state index is 1.00. The fourth-order valence-electron chi connectivity index (χ4n) is 1.05. The monoisotopic (exact) mass is 202 g/mol. The number of benzene rings is 1. The fourth-order valence-corrected chi connectivity index (χ4v) is 1.63. The molecule has 0 saturated carbocycles. The SMILES string of the molecule is C(=NNc1ccccc1)c1cccs1. The highest BCUT2D eigenvalue weighted by Crippen LogP contribution is 2.06. The molecule has 2 nitrogen and oxygen atoms in total. The van der Waals surface area contributed by atoms with E-state index in [9.17, 15) is 0 Å². The molecule has 14 heavy (non-hydrogen) atoms. The molecular formula is C11H10N2S. The Morgan fingerprint density at radius 2 is 1.93 bits per heavy atom. The Balaban J connectivity index is 1.95. The van der Waals surface area contributed by atoms with Crippen molar-refractivity contribution in [1.82, 2.24) is 0 Å². The highest BCUT2D eigenvalue weighted by atomic mass is 32.1. The molecule has 1 aromatic heterocycles. The second kappa shape index (κ2) is 4.58. The predicted octanol–water partition coefficient (Wildman–Crippen LogP) is 3.19. The van der Waals surface area contributed by atoms with Crippen LogP contribution in [0.3, 0.4) is 0 Å². The first-order valence-corrected chi connectivity index (χ1v) is 5.21. The maximum Gasteiger partial charge on any atom is 0.0644 e. The Morgan fingerprint density at radius 1 is 1.07 bits per heavy atom. The minimum Gasteiger partial charge on any atom is -0.278 e. The summed E-state index contributed by atoms with van der Waals surface area (Å²) in [6.45, 7) is 0. The number of hydrogen-bond donors (Lipinski definition) is 1. The lowest BCUT2D eigenvalue weighted by atomic mass is 10.3. The number of para-hydroxylation sites is 1. The molecule has 2 rings (SSSR count). The van der Waals surface area contributed by atoms with Crippen LogP contribution < -0.4 is 5.43 Å². The molecule has 0 saturated heterocycles. The van der Waals surface area contributed by atoms with E-state index in [2.05, 4.69) is 10.5 Å². The molecule has 0 bridgehead atoms. The summed E-state index contributed by atoms with van der Waals surface area (Å²) >= 11 is 1.67. The molecule has 0 fully saturated rings. The number of hydrazone groups is 1. The van der Waals surface area contributed by atoms with E-state index in [1.54, 1.807) is 11.3 Å². The summed E-state index contributed by atoms with van der Waals surface area (Å²) in [5, 5.41) is 6.15. The van der Waals surface area contributed by atoms with E-state index in [1.807, 2.05) is 54.1 Å². The van der Waals surface area contributed by atoms with Gasteiger partial charge in [-0.2, -0.15) is 5.10 Å². The van der Waals surface area contributed by atoms with Gasteiger partial charge in [0.05, 0.1) is 11.9 Å². The molecule has 1 aromatic carbocycles. The van der Waals surface area contributed by atoms with Gasteiger partial charge >= 0.3 is 0 Å². The molecule has 0 amide bonds. The van der Waals surface area contributed by atoms with Gasteiger partial charge in [0.25, 0.3) is 0 Å². The molecule has 0 atom stereocenters. The number of hydrogen-bond acceptors (Lipinski definition) is 3. The normalized spacial score (nSPS) is 10.6. The summed E-state index contributed by atoms with van der Waals surface area (Å²) in [6, 6.07) is 13.9. The van der Waals surface area contributed by atoms with Crippen LogP contribution in [0.25, 0.3) is 0 Å². The second-order valence-electron chi connectivity index (χ2n) is 2.75. The van der Waals surface area contributed by atoms with E-state index in [0.717, 1.165) is 10.6 Å². The molecular weight excluding hydrogens is 192 g/mol. The van der Waals surface area contributed by atoms with Gasteiger partial charge in [0.2, 0.25) is 0 Å². The summed E-state index contributed by atoms with van der Waals surface area (Å²) in [5.74, 6) is 0. The standard InChI is InChI=1S/C11H10N2S/c1-2-5-10(6-3-1)13-12-9-11-7-4-8-14-11/h1-9,13H. The first-order chi connectivity index (χ1) is 6.95. The third-order valence-corrected chi connectivity index (χ3v) is 2.51. The lowest BCUT2D eigenvalue weighted by molar-refractivity contribution is 1.35. The van der Waals surface area contributed by atoms with Crippen molar-refractivity contribution in [2.75, 3.05) is 5.43 Å². The first-order valence-electron chi connectivity index (χ1n) is 4.33. The van der Waals surface area contributed by atoms with Crippen LogP contribution in [-0.4, -0.2) is 6.21 Å². The molecule has 1 heterocycles. The summed E-state index contributed by atoms with van der Waals surface area (Å²) in [6.07, 6.45) is 1.82. The minimum atomic E-state index is 1.00. The third kappa shape index (κ3) is 2.44. The van der Waals surface area contributed by atoms with Gasteiger partial charge in [0, 0.05) is 4.88 Å². The zero-order valence-electron chi connectivity index (χ0n) is 7.55. The van der Waals surface area contributed by atoms with Crippen molar-refractivity contribution in [3.05, 3.63) is 52.7 Å². The number of nitrogens with zero attached hydrogens (tertiary/aromatic N) is 1. The molecule has 0 unspecified atom stereocenters. The quantitative estimate of drug-likeness (QED) is 0.600. The van der Waals surface area contributed by atoms with Crippen molar-refractivity contribution < 1.29 is 0 Å². The Morgan fingerprint density at radius 3 is 2.64 bits per heavy atom. The first kappa shape index (κ1) is 8.97. The van der Waals surface area contributed by atoms with Gasteiger partial charge in [-0.1, -0.05) is 24.3 Å². The van der Waals surface area contributed by atoms with Crippen LogP contribution in [-0.2, 0) is 0 Å². The zero-order chi connectivity index (χ0) is 9.64. The van der Waals surface area contributed by atoms with Gasteiger partial charge < -0.3 is 0 Å². The summed E-state index contributed by atoms with van der Waals surface area (Å²) < 4.78 is 0. The molecule has 3 heteroatoms. The van der Waals surface area contributed by atoms with E-state index in [1.165, 1.54) is 0 Å². The van der Waals surface area contributed by atoms with Crippen molar-refractivity contribution >= 4 is 23.2 Å². The van der Waals surface area contributed by atoms with Gasteiger partial charge in [-0.25, -0.2) is 0 Å². The number of rotatable bonds is 3. The highest BCUT2D eigenvalue weighted by Gasteiger charge is 1.86. The Labute approximate surface area is 86.9 Å². The highest BCUT2D eigenvalue weighted by molar-refractivity contribution is 7.11. The fraction of sp³-hybridized carbons (Fsp3) is 0. The number of nitrogens with one attached hydrogen (secondary N) is 1. The maximum absolute atomic E-state index is 4.12. The zero-order valence-corrected chi connectivity index (χ0v) is 8.37. The van der Waals surface area contributed by atoms with Gasteiger partial charge in [0.15, 0.2) is 0 Å². The van der Waals surface area contributed by atoms with Crippen molar-refractivity contribution in [3.63, 3.8) is 0 Å². The van der Waals surface area contributed by atoms with Gasteiger partial charge in [-0.3, -0.25) is 5.43 Å². The summed E-state index contributed by atoms with van der Waals surface area (Å²) in [7, 11) is 0. The molecule has 1 N–H and O–H groups in total. The van der Waals surface area contributed by atoms with E-state index < -0.39 is 0 Å². The second-order valence-corrected chi connectivity index (χ2v) is 3.73. The molecule has 0 aliphatic rings. The topological polar surface area (TPSA) is 24.4 Å². The van der Waals surface area contributed by atoms with Gasteiger partial charge in [0.1, 0.15) is 0 Å². The summed E-state index contributed by atoms with van der Waals surface area (Å²) in [4.78, 5) is 1.15. The molecule has 2 aromatic rings. The van der Waals surface area contributed by atoms with Crippen molar-refractivity contribution in [2.45, 2.75) is 0 Å². The molecule has 0 radical (unpaired) electrons. The van der Waals surface area contributed by atoms with Crippen LogP contribution in [0.5, 0.6) is 0 Å². The molecule has 0 aliphatic heterocycles. The number of anilines is 1. The molecule has 0 spiro atoms. The van der Waals surface area contributed by atoms with Crippen LogP contribution in [0, 0.1) is 0 Å². The third-order valence-electron chi connectivity index (χ3n) is 1.70. The molecule has 0 aliphatic carbocycles. The average molecular weight is 202 g/mol. The lowest BCUT2D eigenvalue weighted by Gasteiger charge is -1.96. The van der Waals surface area contributed by atoms with E-state index in [4.69, 9.17) is 0 Å². The van der Waals surface area contributed by atoms with Crippen molar-refractivity contribution in [1.29, 1.82) is 0 Å². The van der Waals surface area contributed by atoms with Crippen molar-refractivity contribution in [3.8, 4) is 0 Å². The largest absolute Gasteiger partial charge is 0.278 e. The van der Waals surface area contributed by atoms with Gasteiger partial charge in [-0.15, -0.1) is 11.3 Å². The smallest absolute Gasteiger partial charge is 0.0644 e. The van der Waals surface area contributed by atoms with Crippen LogP contribution in [0.1, 0.15) is 4.88 Å². The van der Waals surface area contributed by atoms with E-state index >= 15 is 0 Å². The van der Waals surface area contributed by atoms with Crippen LogP contribution in [0.4, 0.5) is 5.69 Å². The maximum atomic E-state index is 4.12. The Hall–Kier alpha value is -1.61. The Kier molecular flexibility index (Phi) is 2.93. The van der Waals surface area contributed by atoms with E-state index in [0.29, 0.717) is 0 Å². The average Bonchev–Trinajstić information content (AvgIpc) is 2.72. The lowest BCUT2D eigenvalue weighted by Crippen LogP contribution is -1.87. The number of thiophene rings is 1. The predicted molar refractivity (Wildman–Crippen MR) is 62.0 cm³/mol. The van der Waals surface area contributed by atoms with Crippen LogP contribution >= 0.6 is 11.3 Å².